The number of benzene rings is 2. The van der Waals surface area contributed by atoms with Crippen molar-refractivity contribution < 1.29 is 27.5 Å². The Hall–Kier alpha value is -3.07. The minimum Gasteiger partial charge on any atom is -0.493 e. The van der Waals surface area contributed by atoms with Gasteiger partial charge in [-0.25, -0.2) is 12.7 Å². The lowest BCUT2D eigenvalue weighted by Gasteiger charge is -2.19. The van der Waals surface area contributed by atoms with Gasteiger partial charge in [-0.05, 0) is 36.8 Å². The van der Waals surface area contributed by atoms with Crippen LogP contribution < -0.4 is 14.8 Å². The van der Waals surface area contributed by atoms with Gasteiger partial charge < -0.3 is 14.8 Å². The molecule has 0 bridgehead atoms. The number of amides is 2. The van der Waals surface area contributed by atoms with E-state index in [9.17, 15) is 18.0 Å². The molecule has 2 amide bonds. The molecule has 1 heterocycles. The van der Waals surface area contributed by atoms with Gasteiger partial charge in [-0.2, -0.15) is 0 Å². The number of ether oxygens (including phenoxy) is 2. The molecule has 8 nitrogen and oxygen atoms in total. The second-order valence-corrected chi connectivity index (χ2v) is 8.05. The third-order valence-corrected chi connectivity index (χ3v) is 6.27. The highest BCUT2D eigenvalue weighted by atomic mass is 32.2. The van der Waals surface area contributed by atoms with E-state index in [-0.39, 0.29) is 10.5 Å². The summed E-state index contributed by atoms with van der Waals surface area (Å²) in [6.45, 7) is 1.15. The maximum absolute atomic E-state index is 12.5. The summed E-state index contributed by atoms with van der Waals surface area (Å²) in [5.41, 5.74) is 0.813. The molecule has 148 valence electrons. The zero-order valence-corrected chi connectivity index (χ0v) is 16.4. The number of methoxy groups -OCH3 is 2. The molecule has 9 heteroatoms. The van der Waals surface area contributed by atoms with Gasteiger partial charge >= 0.3 is 0 Å². The molecule has 0 radical (unpaired) electrons. The van der Waals surface area contributed by atoms with Gasteiger partial charge in [-0.15, -0.1) is 0 Å². The summed E-state index contributed by atoms with van der Waals surface area (Å²) in [4.78, 5) is 24.7. The van der Waals surface area contributed by atoms with Crippen LogP contribution in [0.25, 0.3) is 0 Å². The highest BCUT2D eigenvalue weighted by Gasteiger charge is 2.41. The lowest BCUT2D eigenvalue weighted by atomic mass is 10.1. The van der Waals surface area contributed by atoms with Crippen LogP contribution in [-0.2, 0) is 14.8 Å². The zero-order valence-electron chi connectivity index (χ0n) is 15.6. The Labute approximate surface area is 163 Å². The number of carbonyl (C=O) groups excluding carboxylic acids is 2. The van der Waals surface area contributed by atoms with Gasteiger partial charge in [-0.3, -0.25) is 9.59 Å². The van der Waals surface area contributed by atoms with Gasteiger partial charge in [-0.1, -0.05) is 18.2 Å². The lowest BCUT2D eigenvalue weighted by molar-refractivity contribution is -0.121. The Bertz CT molecular complexity index is 1030. The first-order chi connectivity index (χ1) is 13.3. The molecule has 3 rings (SSSR count). The average Bonchev–Trinajstić information content (AvgIpc) is 2.88. The maximum atomic E-state index is 12.5. The molecule has 0 saturated heterocycles. The summed E-state index contributed by atoms with van der Waals surface area (Å²) in [6.07, 6.45) is 0. The lowest BCUT2D eigenvalue weighted by Crippen LogP contribution is -2.41. The molecule has 2 aromatic carbocycles. The molecule has 0 unspecified atom stereocenters. The van der Waals surface area contributed by atoms with Gasteiger partial charge in [0.1, 0.15) is 11.4 Å². The second-order valence-electron chi connectivity index (χ2n) is 6.22. The molecule has 0 fully saturated rings. The van der Waals surface area contributed by atoms with Crippen molar-refractivity contribution in [2.24, 2.45) is 0 Å². The largest absolute Gasteiger partial charge is 0.493 e. The van der Waals surface area contributed by atoms with Gasteiger partial charge in [0.05, 0.1) is 25.8 Å². The van der Waals surface area contributed by atoms with E-state index >= 15 is 0 Å². The van der Waals surface area contributed by atoms with Crippen molar-refractivity contribution in [2.45, 2.75) is 17.9 Å². The molecule has 1 aliphatic heterocycles. The first kappa shape index (κ1) is 19.7. The van der Waals surface area contributed by atoms with E-state index in [0.29, 0.717) is 15.8 Å². The van der Waals surface area contributed by atoms with E-state index in [1.165, 1.54) is 32.4 Å². The number of nitrogens with zero attached hydrogens (tertiary/aromatic N) is 1. The van der Waals surface area contributed by atoms with Crippen LogP contribution in [0.5, 0.6) is 11.5 Å². The number of fused-ring (bicyclic) bond motifs is 1. The topological polar surface area (TPSA) is 102 Å². The normalized spacial score (nSPS) is 15.7. The fourth-order valence-corrected chi connectivity index (χ4v) is 4.54. The van der Waals surface area contributed by atoms with Crippen molar-refractivity contribution in [2.75, 3.05) is 20.8 Å². The van der Waals surface area contributed by atoms with Crippen LogP contribution in [0.4, 0.5) is 0 Å². The number of hydrogen-bond donors (Lipinski definition) is 1. The Balaban J connectivity index is 1.74. The summed E-state index contributed by atoms with van der Waals surface area (Å²) in [7, 11) is -0.996. The molecule has 2 aromatic rings. The molecular formula is C19H20N2O6S. The Kier molecular flexibility index (Phi) is 5.28. The van der Waals surface area contributed by atoms with Crippen molar-refractivity contribution in [3.8, 4) is 11.5 Å². The van der Waals surface area contributed by atoms with Gasteiger partial charge in [0.25, 0.3) is 15.9 Å². The van der Waals surface area contributed by atoms with E-state index in [1.807, 2.05) is 0 Å². The summed E-state index contributed by atoms with van der Waals surface area (Å²) in [5, 5.41) is 2.70. The SMILES string of the molecule is COc1ccc([C@@H](C)NC(=O)CN2C(=O)c3ccccc3S2(=O)=O)cc1OC. The number of nitrogens with one attached hydrogen (secondary N) is 1. The van der Waals surface area contributed by atoms with Crippen molar-refractivity contribution in [1.82, 2.24) is 9.62 Å². The van der Waals surface area contributed by atoms with Gasteiger partial charge in [0, 0.05) is 0 Å². The standard InChI is InChI=1S/C19H20N2O6S/c1-12(13-8-9-15(26-2)16(10-13)27-3)20-18(22)11-21-19(23)14-6-4-5-7-17(14)28(21,24)25/h4-10,12H,11H2,1-3H3,(H,20,22)/t12-/m1/s1. The third kappa shape index (κ3) is 3.40. The number of sulfonamides is 1. The number of carbonyl (C=O) groups is 2. The van der Waals surface area contributed by atoms with Crippen LogP contribution in [-0.4, -0.2) is 45.3 Å². The fourth-order valence-electron chi connectivity index (χ4n) is 3.01. The summed E-state index contributed by atoms with van der Waals surface area (Å²) < 4.78 is 36.1. The first-order valence-electron chi connectivity index (χ1n) is 8.47. The number of rotatable bonds is 6. The summed E-state index contributed by atoms with van der Waals surface area (Å²) >= 11 is 0. The predicted octanol–water partition coefficient (Wildman–Crippen LogP) is 1.73. The smallest absolute Gasteiger partial charge is 0.269 e. The Morgan fingerprint density at radius 2 is 1.79 bits per heavy atom. The highest BCUT2D eigenvalue weighted by molar-refractivity contribution is 7.90. The van der Waals surface area contributed by atoms with E-state index in [0.717, 1.165) is 5.56 Å². The maximum Gasteiger partial charge on any atom is 0.269 e. The predicted molar refractivity (Wildman–Crippen MR) is 101 cm³/mol. The average molecular weight is 404 g/mol. The highest BCUT2D eigenvalue weighted by Crippen LogP contribution is 2.31. The molecule has 0 spiro atoms. The molecule has 1 atom stereocenters. The van der Waals surface area contributed by atoms with Gasteiger partial charge in [0.2, 0.25) is 5.91 Å². The third-order valence-electron chi connectivity index (χ3n) is 4.48. The Morgan fingerprint density at radius 3 is 2.43 bits per heavy atom. The van der Waals surface area contributed by atoms with Crippen LogP contribution in [0.15, 0.2) is 47.4 Å². The van der Waals surface area contributed by atoms with Crippen molar-refractivity contribution in [3.63, 3.8) is 0 Å². The van der Waals surface area contributed by atoms with Crippen LogP contribution in [0.1, 0.15) is 28.9 Å². The summed E-state index contributed by atoms with van der Waals surface area (Å²) in [6, 6.07) is 10.7. The van der Waals surface area contributed by atoms with E-state index in [4.69, 9.17) is 9.47 Å². The van der Waals surface area contributed by atoms with Crippen molar-refractivity contribution in [1.29, 1.82) is 0 Å². The minimum atomic E-state index is -4.02. The molecular weight excluding hydrogens is 384 g/mol. The zero-order chi connectivity index (χ0) is 20.5. The van der Waals surface area contributed by atoms with E-state index in [2.05, 4.69) is 5.32 Å². The van der Waals surface area contributed by atoms with Crippen LogP contribution in [0, 0.1) is 0 Å². The molecule has 0 aliphatic carbocycles. The first-order valence-corrected chi connectivity index (χ1v) is 9.91. The van der Waals surface area contributed by atoms with Crippen LogP contribution in [0.3, 0.4) is 0 Å². The van der Waals surface area contributed by atoms with Crippen LogP contribution in [0.2, 0.25) is 0 Å². The molecule has 28 heavy (non-hydrogen) atoms. The summed E-state index contributed by atoms with van der Waals surface area (Å²) in [5.74, 6) is -0.235. The monoisotopic (exact) mass is 404 g/mol. The van der Waals surface area contributed by atoms with E-state index in [1.54, 1.807) is 31.2 Å². The second kappa shape index (κ2) is 7.51. The minimum absolute atomic E-state index is 0.0724. The van der Waals surface area contributed by atoms with E-state index < -0.39 is 34.4 Å². The van der Waals surface area contributed by atoms with Crippen molar-refractivity contribution >= 4 is 21.8 Å². The Morgan fingerprint density at radius 1 is 1.11 bits per heavy atom. The fraction of sp³-hybridized carbons (Fsp3) is 0.263. The molecule has 0 saturated carbocycles. The molecule has 1 aliphatic rings. The van der Waals surface area contributed by atoms with Gasteiger partial charge in [0.15, 0.2) is 11.5 Å². The van der Waals surface area contributed by atoms with Crippen molar-refractivity contribution in [3.05, 3.63) is 53.6 Å². The molecule has 1 N–H and O–H groups in total. The molecule has 0 aromatic heterocycles. The number of hydrogen-bond acceptors (Lipinski definition) is 6. The quantitative estimate of drug-likeness (QED) is 0.787. The van der Waals surface area contributed by atoms with Crippen LogP contribution >= 0.6 is 0 Å².